The van der Waals surface area contributed by atoms with Crippen molar-refractivity contribution in [1.29, 1.82) is 5.41 Å². The van der Waals surface area contributed by atoms with Crippen LogP contribution in [0, 0.1) is 5.41 Å². The summed E-state index contributed by atoms with van der Waals surface area (Å²) in [5.74, 6) is -1.98. The number of hydrogen-bond acceptors (Lipinski definition) is 5. The number of rotatable bonds is 4. The Morgan fingerprint density at radius 2 is 1.70 bits per heavy atom. The van der Waals surface area contributed by atoms with Crippen LogP contribution >= 0.6 is 0 Å². The molecule has 10 nitrogen and oxygen atoms in total. The fourth-order valence-corrected chi connectivity index (χ4v) is 0.820. The van der Waals surface area contributed by atoms with E-state index in [0.717, 1.165) is 0 Å². The molecule has 2 atom stereocenters. The standard InChI is InChI=1S/C5H11N3O2.C4H9N3O2.Mg/c1-7-5(6)8(2)3-4(9)10;1-7(4(5)6)2-3(8)9;/h3H2,1-2H3,(H2,6,7)(H,9,10);2H2,1H3,(H3,5,6)(H,8,9);/q;;+2/p+1. The molecule has 110 valence electrons. The molecule has 0 saturated heterocycles. The molecule has 0 amide bonds. The van der Waals surface area contributed by atoms with E-state index < -0.39 is 11.9 Å². The molecule has 0 aliphatic rings. The topological polar surface area (TPSA) is 175 Å². The zero-order valence-electron chi connectivity index (χ0n) is 11.9. The third-order valence-corrected chi connectivity index (χ3v) is 1.96. The van der Waals surface area contributed by atoms with Crippen LogP contribution in [0.25, 0.3) is 0 Å². The van der Waals surface area contributed by atoms with Gasteiger partial charge >= 0.3 is 29.0 Å². The molecule has 2 unspecified atom stereocenters. The van der Waals surface area contributed by atoms with Crippen molar-refractivity contribution in [2.45, 2.75) is 0 Å². The fraction of sp³-hybridized carbons (Fsp3) is 0.556. The summed E-state index contributed by atoms with van der Waals surface area (Å²) in [6.45, 7) is -0.293. The van der Waals surface area contributed by atoms with Crippen LogP contribution < -0.4 is 26.4 Å². The van der Waals surface area contributed by atoms with Crippen molar-refractivity contribution < 1.29 is 29.6 Å². The van der Waals surface area contributed by atoms with E-state index in [1.807, 2.05) is 0 Å². The third kappa shape index (κ3) is 14.6. The zero-order valence-corrected chi connectivity index (χ0v) is 13.3. The summed E-state index contributed by atoms with van der Waals surface area (Å²) >= 11 is 0. The van der Waals surface area contributed by atoms with Gasteiger partial charge in [0, 0.05) is 7.05 Å². The molecule has 8 N–H and O–H groups in total. The van der Waals surface area contributed by atoms with Crippen LogP contribution in [-0.4, -0.2) is 86.2 Å². The van der Waals surface area contributed by atoms with Gasteiger partial charge in [-0.25, -0.2) is 15.2 Å². The van der Waals surface area contributed by atoms with Crippen molar-refractivity contribution in [3.63, 3.8) is 0 Å². The molecule has 0 fully saturated rings. The maximum atomic E-state index is 10.1. The smallest absolute Gasteiger partial charge is 0.544 e. The van der Waals surface area contributed by atoms with Crippen LogP contribution in [0.1, 0.15) is 0 Å². The van der Waals surface area contributed by atoms with E-state index in [4.69, 9.17) is 22.0 Å². The second-order valence-corrected chi connectivity index (χ2v) is 3.70. The minimum absolute atomic E-state index is 0. The van der Waals surface area contributed by atoms with Gasteiger partial charge in [0.25, 0.3) is 11.9 Å². The molecule has 11 heteroatoms. The molecule has 0 aliphatic carbocycles. The Bertz CT molecular complexity index is 362. The van der Waals surface area contributed by atoms with Crippen molar-refractivity contribution in [2.75, 3.05) is 34.2 Å². The first-order valence-corrected chi connectivity index (χ1v) is 5.25. The number of hydrogen-bond donors (Lipinski definition) is 6. The minimum atomic E-state index is -1.21. The molecule has 0 aliphatic heterocycles. The van der Waals surface area contributed by atoms with Crippen molar-refractivity contribution in [2.24, 2.45) is 16.5 Å². The van der Waals surface area contributed by atoms with Gasteiger partial charge in [-0.1, -0.05) is 0 Å². The number of nitrogens with one attached hydrogen (secondary N) is 3. The maximum Gasteiger partial charge on any atom is 2.00 e. The molecule has 0 bridgehead atoms. The van der Waals surface area contributed by atoms with Crippen molar-refractivity contribution >= 4 is 46.9 Å². The molecule has 0 radical (unpaired) electrons. The Kier molecular flexibility index (Phi) is 14.9. The largest absolute Gasteiger partial charge is 2.00 e. The third-order valence-electron chi connectivity index (χ3n) is 1.96. The normalized spacial score (nSPS) is 13.1. The number of aliphatic imine (C=N–C) groups is 1. The molecule has 0 rings (SSSR count). The maximum absolute atomic E-state index is 10.1. The number of guanidine groups is 2. The fourth-order valence-electron chi connectivity index (χ4n) is 0.820. The summed E-state index contributed by atoms with van der Waals surface area (Å²) in [4.78, 5) is 24.5. The molecule has 0 aromatic carbocycles. The number of quaternary nitrogens is 2. The van der Waals surface area contributed by atoms with E-state index in [0.29, 0.717) is 15.8 Å². The zero-order chi connectivity index (χ0) is 15.6. The molecule has 0 spiro atoms. The molecule has 20 heavy (non-hydrogen) atoms. The van der Waals surface area contributed by atoms with E-state index in [1.54, 1.807) is 7.05 Å². The summed E-state index contributed by atoms with van der Waals surface area (Å²) in [5.41, 5.74) is 10.3. The van der Waals surface area contributed by atoms with Gasteiger partial charge in [-0.05, 0) is 0 Å². The second kappa shape index (κ2) is 12.6. The quantitative estimate of drug-likeness (QED) is 0.171. The van der Waals surface area contributed by atoms with Gasteiger partial charge in [-0.3, -0.25) is 9.80 Å². The Labute approximate surface area is 133 Å². The summed E-state index contributed by atoms with van der Waals surface area (Å²) < 4.78 is 0. The minimum Gasteiger partial charge on any atom is -0.544 e. The molecule has 0 aromatic rings. The number of carboxylic acids is 2. The number of carbonyl (C=O) groups is 2. The predicted octanol–water partition coefficient (Wildman–Crippen LogP) is -6.71. The van der Waals surface area contributed by atoms with E-state index in [2.05, 4.69) is 4.99 Å². The molecular weight excluding hydrogens is 280 g/mol. The summed E-state index contributed by atoms with van der Waals surface area (Å²) in [7, 11) is 4.66. The monoisotopic (exact) mass is 301 g/mol. The SMILES string of the molecule is CN=C(N)[NH+](C)CC(=O)O.C[NH+](CC(=O)[O-])C(=N)N.[Mg+2]. The van der Waals surface area contributed by atoms with Gasteiger partial charge in [-0.2, -0.15) is 0 Å². The van der Waals surface area contributed by atoms with Gasteiger partial charge < -0.3 is 26.5 Å². The number of nitrogens with two attached hydrogens (primary N) is 2. The molecule has 0 heterocycles. The Morgan fingerprint density at radius 3 is 1.90 bits per heavy atom. The van der Waals surface area contributed by atoms with Crippen molar-refractivity contribution in [3.05, 3.63) is 0 Å². The molecule has 0 saturated carbocycles. The molecular formula is C9H21MgN6O4+3. The average Bonchev–Trinajstić information content (AvgIpc) is 2.26. The first-order chi connectivity index (χ1) is 8.61. The summed E-state index contributed by atoms with van der Waals surface area (Å²) in [5, 5.41) is 24.9. The number of carbonyl (C=O) groups excluding carboxylic acids is 1. The number of aliphatic carboxylic acids is 2. The second-order valence-electron chi connectivity index (χ2n) is 3.70. The predicted molar refractivity (Wildman–Crippen MR) is 71.4 cm³/mol. The van der Waals surface area contributed by atoms with Gasteiger partial charge in [0.15, 0.2) is 6.54 Å². The van der Waals surface area contributed by atoms with Gasteiger partial charge in [0.2, 0.25) is 0 Å². The van der Waals surface area contributed by atoms with Crippen LogP contribution in [-0.2, 0) is 9.59 Å². The van der Waals surface area contributed by atoms with Crippen LogP contribution in [0.4, 0.5) is 0 Å². The number of nitrogens with zero attached hydrogens (tertiary/aromatic N) is 1. The first kappa shape index (κ1) is 23.6. The van der Waals surface area contributed by atoms with Crippen molar-refractivity contribution in [3.8, 4) is 0 Å². The van der Waals surface area contributed by atoms with E-state index >= 15 is 0 Å². The van der Waals surface area contributed by atoms with E-state index in [9.17, 15) is 14.7 Å². The number of carboxylic acid groups (broad SMARTS) is 2. The van der Waals surface area contributed by atoms with Crippen LogP contribution in [0.2, 0.25) is 0 Å². The number of likely N-dealkylation sites (N-methyl/N-ethyl adjacent to an activating group) is 2. The van der Waals surface area contributed by atoms with Crippen LogP contribution in [0.15, 0.2) is 4.99 Å². The summed E-state index contributed by atoms with van der Waals surface area (Å²) in [6, 6.07) is 0. The average molecular weight is 302 g/mol. The van der Waals surface area contributed by atoms with Gasteiger partial charge in [-0.15, -0.1) is 0 Å². The van der Waals surface area contributed by atoms with Crippen LogP contribution in [0.5, 0.6) is 0 Å². The summed E-state index contributed by atoms with van der Waals surface area (Å²) in [6.07, 6.45) is 0. The first-order valence-electron chi connectivity index (χ1n) is 5.25. The Morgan fingerprint density at radius 1 is 1.25 bits per heavy atom. The van der Waals surface area contributed by atoms with Gasteiger partial charge in [0.05, 0.1) is 20.1 Å². The van der Waals surface area contributed by atoms with Crippen LogP contribution in [0.3, 0.4) is 0 Å². The Hall–Kier alpha value is -1.43. The van der Waals surface area contributed by atoms with E-state index in [1.165, 1.54) is 14.1 Å². The molecule has 0 aromatic heterocycles. The van der Waals surface area contributed by atoms with Crippen molar-refractivity contribution in [1.82, 2.24) is 0 Å². The van der Waals surface area contributed by atoms with E-state index in [-0.39, 0.29) is 42.1 Å². The Balaban J connectivity index is -0.000000277. The van der Waals surface area contributed by atoms with Gasteiger partial charge in [0.1, 0.15) is 6.54 Å².